The zero-order valence-corrected chi connectivity index (χ0v) is 17.6. The molecule has 3 heterocycles. The largest absolute Gasteiger partial charge is 0.493 e. The predicted octanol–water partition coefficient (Wildman–Crippen LogP) is 4.16. The number of fused-ring (bicyclic) bond motifs is 1. The number of carbonyl (C=O) groups is 1. The minimum Gasteiger partial charge on any atom is -0.493 e. The summed E-state index contributed by atoms with van der Waals surface area (Å²) in [5, 5.41) is 0. The van der Waals surface area contributed by atoms with E-state index >= 15 is 0 Å². The van der Waals surface area contributed by atoms with Crippen LogP contribution in [0.3, 0.4) is 0 Å². The van der Waals surface area contributed by atoms with Crippen molar-refractivity contribution in [2.75, 3.05) is 7.11 Å². The molecule has 0 unspecified atom stereocenters. The third kappa shape index (κ3) is 3.39. The molecular formula is C21H19F5N4O3. The molecule has 0 saturated carbocycles. The number of amides is 1. The van der Waals surface area contributed by atoms with Crippen LogP contribution >= 0.6 is 0 Å². The Bertz CT molecular complexity index is 1240. The number of benzene rings is 1. The summed E-state index contributed by atoms with van der Waals surface area (Å²) in [6, 6.07) is 3.44. The summed E-state index contributed by atoms with van der Waals surface area (Å²) in [6.07, 6.45) is -4.88. The van der Waals surface area contributed by atoms with Gasteiger partial charge in [0.05, 0.1) is 12.6 Å². The maximum Gasteiger partial charge on any atom is 0.417 e. The van der Waals surface area contributed by atoms with E-state index in [-0.39, 0.29) is 22.6 Å². The zero-order valence-electron chi connectivity index (χ0n) is 17.6. The first-order chi connectivity index (χ1) is 15.4. The highest BCUT2D eigenvalue weighted by atomic mass is 19.4. The SMILES string of the molecule is COc1c([C@H]2[C@H](c3nc4c(C(N)=O)nccc4[nH]3)O[C@@](C)(C(F)(F)F)[C@H]2C)ccc(F)c1F. The van der Waals surface area contributed by atoms with Gasteiger partial charge in [0, 0.05) is 23.6 Å². The van der Waals surface area contributed by atoms with Crippen molar-refractivity contribution in [2.24, 2.45) is 11.7 Å². The van der Waals surface area contributed by atoms with Crippen LogP contribution in [0.2, 0.25) is 0 Å². The number of carbonyl (C=O) groups excluding carboxylic acids is 1. The lowest BCUT2D eigenvalue weighted by atomic mass is 9.77. The normalized spacial score (nSPS) is 25.5. The topological polar surface area (TPSA) is 103 Å². The lowest BCUT2D eigenvalue weighted by molar-refractivity contribution is -0.275. The number of ether oxygens (including phenoxy) is 2. The summed E-state index contributed by atoms with van der Waals surface area (Å²) in [6.45, 7) is 2.19. The Balaban J connectivity index is 1.94. The average Bonchev–Trinajstić information content (AvgIpc) is 3.29. The highest BCUT2D eigenvalue weighted by molar-refractivity contribution is 6.01. The van der Waals surface area contributed by atoms with Crippen LogP contribution in [0.1, 0.15) is 47.7 Å². The van der Waals surface area contributed by atoms with E-state index in [0.717, 1.165) is 26.2 Å². The van der Waals surface area contributed by atoms with Crippen LogP contribution in [-0.4, -0.2) is 39.7 Å². The number of halogens is 5. The first kappa shape index (κ1) is 22.9. The monoisotopic (exact) mass is 470 g/mol. The minimum absolute atomic E-state index is 0.0180. The molecule has 1 amide bonds. The van der Waals surface area contributed by atoms with Crippen LogP contribution in [0.15, 0.2) is 24.4 Å². The number of nitrogens with one attached hydrogen (secondary N) is 1. The molecule has 2 aromatic heterocycles. The lowest BCUT2D eigenvalue weighted by Gasteiger charge is -2.32. The van der Waals surface area contributed by atoms with Crippen LogP contribution < -0.4 is 10.5 Å². The van der Waals surface area contributed by atoms with E-state index in [1.165, 1.54) is 19.2 Å². The van der Waals surface area contributed by atoms with Crippen molar-refractivity contribution < 1.29 is 36.2 Å². The van der Waals surface area contributed by atoms with Gasteiger partial charge in [-0.2, -0.15) is 17.6 Å². The summed E-state index contributed by atoms with van der Waals surface area (Å²) in [4.78, 5) is 22.7. The molecule has 33 heavy (non-hydrogen) atoms. The van der Waals surface area contributed by atoms with Gasteiger partial charge in [0.1, 0.15) is 17.4 Å². The number of rotatable bonds is 4. The number of primary amides is 1. The number of nitrogens with two attached hydrogens (primary N) is 1. The first-order valence-corrected chi connectivity index (χ1v) is 9.81. The number of methoxy groups -OCH3 is 1. The fourth-order valence-corrected chi connectivity index (χ4v) is 4.32. The number of alkyl halides is 3. The number of hydrogen-bond donors (Lipinski definition) is 2. The Morgan fingerprint density at radius 1 is 1.27 bits per heavy atom. The van der Waals surface area contributed by atoms with E-state index < -0.39 is 53.0 Å². The van der Waals surface area contributed by atoms with Crippen molar-refractivity contribution in [1.82, 2.24) is 15.0 Å². The van der Waals surface area contributed by atoms with Crippen molar-refractivity contribution in [1.29, 1.82) is 0 Å². The number of hydrogen-bond acceptors (Lipinski definition) is 5. The van der Waals surface area contributed by atoms with Crippen molar-refractivity contribution in [3.05, 3.63) is 53.1 Å². The molecule has 12 heteroatoms. The summed E-state index contributed by atoms with van der Waals surface area (Å²) < 4.78 is 81.1. The summed E-state index contributed by atoms with van der Waals surface area (Å²) in [5.41, 5.74) is 2.82. The van der Waals surface area contributed by atoms with Crippen LogP contribution in [0.4, 0.5) is 22.0 Å². The molecule has 3 N–H and O–H groups in total. The molecule has 0 bridgehead atoms. The van der Waals surface area contributed by atoms with Gasteiger partial charge in [-0.3, -0.25) is 4.79 Å². The number of aromatic nitrogens is 3. The van der Waals surface area contributed by atoms with Gasteiger partial charge in [-0.1, -0.05) is 13.0 Å². The molecule has 3 aromatic rings. The fourth-order valence-electron chi connectivity index (χ4n) is 4.32. The number of nitrogens with zero attached hydrogens (tertiary/aromatic N) is 2. The second-order valence-corrected chi connectivity index (χ2v) is 7.98. The molecule has 0 radical (unpaired) electrons. The van der Waals surface area contributed by atoms with Gasteiger partial charge in [0.15, 0.2) is 22.9 Å². The third-order valence-electron chi connectivity index (χ3n) is 6.23. The van der Waals surface area contributed by atoms with Crippen LogP contribution in [-0.2, 0) is 4.74 Å². The van der Waals surface area contributed by atoms with Crippen molar-refractivity contribution in [3.8, 4) is 5.75 Å². The molecule has 0 spiro atoms. The van der Waals surface area contributed by atoms with E-state index in [0.29, 0.717) is 5.52 Å². The Kier molecular flexibility index (Phi) is 5.31. The smallest absolute Gasteiger partial charge is 0.417 e. The van der Waals surface area contributed by atoms with Crippen LogP contribution in [0.5, 0.6) is 5.75 Å². The van der Waals surface area contributed by atoms with E-state index in [9.17, 15) is 26.7 Å². The number of imidazole rings is 1. The lowest BCUT2D eigenvalue weighted by Crippen LogP contribution is -2.46. The van der Waals surface area contributed by atoms with Gasteiger partial charge in [-0.15, -0.1) is 0 Å². The maximum atomic E-state index is 14.5. The minimum atomic E-state index is -4.79. The van der Waals surface area contributed by atoms with Crippen molar-refractivity contribution in [2.45, 2.75) is 37.6 Å². The Hall–Kier alpha value is -3.28. The molecule has 1 fully saturated rings. The van der Waals surface area contributed by atoms with Gasteiger partial charge < -0.3 is 20.2 Å². The number of pyridine rings is 1. The molecule has 176 valence electrons. The number of H-pyrrole nitrogens is 1. The molecule has 0 aliphatic carbocycles. The molecule has 7 nitrogen and oxygen atoms in total. The summed E-state index contributed by atoms with van der Waals surface area (Å²) >= 11 is 0. The molecule has 4 atom stereocenters. The Labute approximate surface area is 184 Å². The van der Waals surface area contributed by atoms with Gasteiger partial charge in [-0.05, 0) is 19.1 Å². The van der Waals surface area contributed by atoms with Crippen LogP contribution in [0.25, 0.3) is 11.0 Å². The van der Waals surface area contributed by atoms with E-state index in [2.05, 4.69) is 15.0 Å². The zero-order chi connectivity index (χ0) is 24.3. The Morgan fingerprint density at radius 3 is 2.58 bits per heavy atom. The average molecular weight is 470 g/mol. The number of aromatic amines is 1. The van der Waals surface area contributed by atoms with Gasteiger partial charge in [-0.25, -0.2) is 14.4 Å². The van der Waals surface area contributed by atoms with E-state index in [4.69, 9.17) is 15.2 Å². The second-order valence-electron chi connectivity index (χ2n) is 7.98. The van der Waals surface area contributed by atoms with Crippen molar-refractivity contribution >= 4 is 16.9 Å². The molecule has 1 aromatic carbocycles. The first-order valence-electron chi connectivity index (χ1n) is 9.81. The highest BCUT2D eigenvalue weighted by Gasteiger charge is 2.65. The molecule has 1 aliphatic rings. The van der Waals surface area contributed by atoms with E-state index in [1.54, 1.807) is 0 Å². The summed E-state index contributed by atoms with van der Waals surface area (Å²) in [5.74, 6) is -6.40. The van der Waals surface area contributed by atoms with Gasteiger partial charge >= 0.3 is 6.18 Å². The Morgan fingerprint density at radius 2 is 1.97 bits per heavy atom. The van der Waals surface area contributed by atoms with Crippen molar-refractivity contribution in [3.63, 3.8) is 0 Å². The third-order valence-corrected chi connectivity index (χ3v) is 6.23. The molecular weight excluding hydrogens is 451 g/mol. The molecule has 1 saturated heterocycles. The summed E-state index contributed by atoms with van der Waals surface area (Å²) in [7, 11) is 1.09. The fraction of sp³-hybridized carbons (Fsp3) is 0.381. The second kappa shape index (κ2) is 7.65. The molecule has 4 rings (SSSR count). The highest BCUT2D eigenvalue weighted by Crippen LogP contribution is 2.59. The standard InChI is InChI=1S/C21H19F5N4O3/c1-8-12(9-4-5-10(22)13(23)16(9)32-3)17(33-20(8,2)21(24,25)26)19-29-11-6-7-28-15(18(27)31)14(11)30-19/h4-8,12,17H,1-3H3,(H2,27,31)(H,29,30)/t8-,12-,17+,20+/m0/s1. The van der Waals surface area contributed by atoms with E-state index in [1.807, 2.05) is 0 Å². The predicted molar refractivity (Wildman–Crippen MR) is 106 cm³/mol. The van der Waals surface area contributed by atoms with Gasteiger partial charge in [0.25, 0.3) is 5.91 Å². The quantitative estimate of drug-likeness (QED) is 0.558. The molecule has 1 aliphatic heterocycles. The maximum absolute atomic E-state index is 14.5. The van der Waals surface area contributed by atoms with Gasteiger partial charge in [0.2, 0.25) is 5.82 Å². The van der Waals surface area contributed by atoms with Crippen LogP contribution in [0, 0.1) is 17.6 Å².